The Morgan fingerprint density at radius 2 is 1.62 bits per heavy atom. The summed E-state index contributed by atoms with van der Waals surface area (Å²) in [6.45, 7) is 6.85. The summed E-state index contributed by atoms with van der Waals surface area (Å²) >= 11 is 0. The van der Waals surface area contributed by atoms with Crippen LogP contribution in [0, 0.1) is 5.41 Å². The van der Waals surface area contributed by atoms with Gasteiger partial charge in [0.1, 0.15) is 0 Å². The Hall–Kier alpha value is -0.350. The molecular weight excluding hydrogens is 175 g/mol. The van der Waals surface area contributed by atoms with Gasteiger partial charge in [-0.1, -0.05) is 45.0 Å². The van der Waals surface area contributed by atoms with E-state index in [0.29, 0.717) is 5.41 Å². The van der Waals surface area contributed by atoms with Crippen LogP contribution in [0.3, 0.4) is 0 Å². The van der Waals surface area contributed by atoms with Gasteiger partial charge in [-0.05, 0) is 29.1 Å². The molecular formula is C12H19P. The van der Waals surface area contributed by atoms with Gasteiger partial charge < -0.3 is 0 Å². The minimum absolute atomic E-state index is 0.385. The van der Waals surface area contributed by atoms with Gasteiger partial charge in [-0.2, -0.15) is 0 Å². The van der Waals surface area contributed by atoms with Crippen LogP contribution in [0.15, 0.2) is 24.3 Å². The van der Waals surface area contributed by atoms with Gasteiger partial charge in [0.2, 0.25) is 0 Å². The summed E-state index contributed by atoms with van der Waals surface area (Å²) in [7, 11) is 2.80. The average Bonchev–Trinajstić information content (AvgIpc) is 2.02. The van der Waals surface area contributed by atoms with E-state index in [4.69, 9.17) is 0 Å². The Morgan fingerprint density at radius 1 is 1.08 bits per heavy atom. The highest BCUT2D eigenvalue weighted by atomic mass is 31.0. The first kappa shape index (κ1) is 10.7. The second-order valence-electron chi connectivity index (χ2n) is 4.71. The van der Waals surface area contributed by atoms with Crippen molar-refractivity contribution < 1.29 is 0 Å². The van der Waals surface area contributed by atoms with Crippen LogP contribution in [0.25, 0.3) is 0 Å². The molecule has 0 saturated carbocycles. The molecule has 0 aliphatic heterocycles. The Balaban J connectivity index is 2.87. The van der Waals surface area contributed by atoms with E-state index in [1.165, 1.54) is 11.1 Å². The Bertz CT molecular complexity index is 271. The van der Waals surface area contributed by atoms with E-state index in [0.717, 1.165) is 12.6 Å². The zero-order valence-electron chi connectivity index (χ0n) is 8.80. The summed E-state index contributed by atoms with van der Waals surface area (Å²) in [5.74, 6) is 0. The smallest absolute Gasteiger partial charge is 0.0126 e. The summed E-state index contributed by atoms with van der Waals surface area (Å²) in [4.78, 5) is 0. The zero-order chi connectivity index (χ0) is 9.90. The second-order valence-corrected chi connectivity index (χ2v) is 5.12. The van der Waals surface area contributed by atoms with Crippen molar-refractivity contribution in [2.45, 2.75) is 33.4 Å². The maximum atomic E-state index is 2.80. The lowest BCUT2D eigenvalue weighted by molar-refractivity contribution is 0.410. The van der Waals surface area contributed by atoms with Crippen molar-refractivity contribution in [1.82, 2.24) is 0 Å². The Kier molecular flexibility index (Phi) is 3.50. The third kappa shape index (κ3) is 3.48. The molecule has 0 amide bonds. The molecule has 0 radical (unpaired) electrons. The van der Waals surface area contributed by atoms with Crippen LogP contribution >= 0.6 is 9.24 Å². The minimum atomic E-state index is 0.385. The first-order valence-electron chi connectivity index (χ1n) is 4.80. The molecule has 0 fully saturated rings. The maximum Gasteiger partial charge on any atom is -0.0126 e. The molecule has 1 aromatic rings. The van der Waals surface area contributed by atoms with Crippen LogP contribution in [0.1, 0.15) is 31.9 Å². The third-order valence-electron chi connectivity index (χ3n) is 2.06. The molecule has 0 aliphatic rings. The van der Waals surface area contributed by atoms with Crippen LogP contribution in [-0.4, -0.2) is 0 Å². The molecule has 1 heteroatoms. The van der Waals surface area contributed by atoms with Gasteiger partial charge in [0.05, 0.1) is 0 Å². The molecule has 0 aromatic heterocycles. The highest BCUT2D eigenvalue weighted by molar-refractivity contribution is 7.15. The summed E-state index contributed by atoms with van der Waals surface area (Å²) in [6.07, 6.45) is 2.23. The molecule has 0 spiro atoms. The van der Waals surface area contributed by atoms with E-state index in [1.807, 2.05) is 0 Å². The van der Waals surface area contributed by atoms with Crippen molar-refractivity contribution in [2.75, 3.05) is 0 Å². The summed E-state index contributed by atoms with van der Waals surface area (Å²) in [6, 6.07) is 8.70. The van der Waals surface area contributed by atoms with Crippen LogP contribution < -0.4 is 0 Å². The fourth-order valence-electron chi connectivity index (χ4n) is 1.50. The minimum Gasteiger partial charge on any atom is -0.133 e. The molecule has 1 aromatic carbocycles. The van der Waals surface area contributed by atoms with Crippen molar-refractivity contribution >= 4 is 9.24 Å². The Labute approximate surface area is 84.0 Å². The predicted octanol–water partition coefficient (Wildman–Crippen LogP) is 3.65. The molecule has 1 atom stereocenters. The van der Waals surface area contributed by atoms with Crippen molar-refractivity contribution in [2.24, 2.45) is 5.41 Å². The van der Waals surface area contributed by atoms with E-state index in [9.17, 15) is 0 Å². The first-order chi connectivity index (χ1) is 6.03. The predicted molar refractivity (Wildman–Crippen MR) is 63.0 cm³/mol. The third-order valence-corrected chi connectivity index (χ3v) is 2.50. The lowest BCUT2D eigenvalue weighted by atomic mass is 9.86. The highest BCUT2D eigenvalue weighted by Crippen LogP contribution is 2.23. The normalized spacial score (nSPS) is 11.7. The van der Waals surface area contributed by atoms with Crippen molar-refractivity contribution in [1.29, 1.82) is 0 Å². The van der Waals surface area contributed by atoms with E-state index in [1.54, 1.807) is 0 Å². The van der Waals surface area contributed by atoms with Crippen molar-refractivity contribution in [3.8, 4) is 0 Å². The van der Waals surface area contributed by atoms with Gasteiger partial charge in [-0.25, -0.2) is 0 Å². The maximum absolute atomic E-state index is 2.80. The van der Waals surface area contributed by atoms with Crippen molar-refractivity contribution in [3.05, 3.63) is 35.4 Å². The van der Waals surface area contributed by atoms with E-state index >= 15 is 0 Å². The van der Waals surface area contributed by atoms with E-state index in [2.05, 4.69) is 54.3 Å². The lowest BCUT2D eigenvalue weighted by Gasteiger charge is -2.19. The Morgan fingerprint density at radius 3 is 2.08 bits per heavy atom. The van der Waals surface area contributed by atoms with Gasteiger partial charge >= 0.3 is 0 Å². The topological polar surface area (TPSA) is 0 Å². The van der Waals surface area contributed by atoms with Crippen LogP contribution in [0.5, 0.6) is 0 Å². The standard InChI is InChI=1S/C12H19P/c1-12(2,3)8-10-6-4-5-7-11(10)9-13/h4-7H,8-9,13H2,1-3H3. The molecule has 0 saturated heterocycles. The summed E-state index contributed by atoms with van der Waals surface area (Å²) < 4.78 is 0. The molecule has 1 unspecified atom stereocenters. The first-order valence-corrected chi connectivity index (χ1v) is 5.61. The molecule has 0 nitrogen and oxygen atoms in total. The zero-order valence-corrected chi connectivity index (χ0v) is 9.96. The monoisotopic (exact) mass is 194 g/mol. The second kappa shape index (κ2) is 4.24. The van der Waals surface area contributed by atoms with Crippen LogP contribution in [0.2, 0.25) is 0 Å². The summed E-state index contributed by atoms with van der Waals surface area (Å²) in [5, 5.41) is 0. The summed E-state index contributed by atoms with van der Waals surface area (Å²) in [5.41, 5.74) is 3.34. The number of hydrogen-bond acceptors (Lipinski definition) is 0. The molecule has 0 bridgehead atoms. The quantitative estimate of drug-likeness (QED) is 0.630. The lowest BCUT2D eigenvalue weighted by Crippen LogP contribution is -2.10. The average molecular weight is 194 g/mol. The van der Waals surface area contributed by atoms with Gasteiger partial charge in [0.25, 0.3) is 0 Å². The van der Waals surface area contributed by atoms with E-state index in [-0.39, 0.29) is 0 Å². The van der Waals surface area contributed by atoms with Crippen LogP contribution in [0.4, 0.5) is 0 Å². The molecule has 13 heavy (non-hydrogen) atoms. The number of rotatable bonds is 2. The largest absolute Gasteiger partial charge is 0.133 e. The van der Waals surface area contributed by atoms with Gasteiger partial charge in [0, 0.05) is 0 Å². The van der Waals surface area contributed by atoms with Gasteiger partial charge in [-0.15, -0.1) is 9.24 Å². The van der Waals surface area contributed by atoms with E-state index < -0.39 is 0 Å². The fourth-order valence-corrected chi connectivity index (χ4v) is 1.90. The molecule has 0 aliphatic carbocycles. The van der Waals surface area contributed by atoms with Crippen molar-refractivity contribution in [3.63, 3.8) is 0 Å². The van der Waals surface area contributed by atoms with Crippen LogP contribution in [-0.2, 0) is 12.6 Å². The molecule has 0 heterocycles. The fraction of sp³-hybridized carbons (Fsp3) is 0.500. The number of benzene rings is 1. The number of hydrogen-bond donors (Lipinski definition) is 0. The molecule has 72 valence electrons. The van der Waals surface area contributed by atoms with Gasteiger partial charge in [0.15, 0.2) is 0 Å². The molecule has 0 N–H and O–H groups in total. The van der Waals surface area contributed by atoms with Gasteiger partial charge in [-0.3, -0.25) is 0 Å². The molecule has 1 rings (SSSR count). The highest BCUT2D eigenvalue weighted by Gasteiger charge is 2.12. The SMILES string of the molecule is CC(C)(C)Cc1ccccc1CP.